The van der Waals surface area contributed by atoms with Gasteiger partial charge < -0.3 is 10.2 Å². The molecular formula is C13H4F4I2NO5S-. The maximum atomic E-state index is 13.7. The van der Waals surface area contributed by atoms with Gasteiger partial charge in [0.15, 0.2) is 22.3 Å². The maximum absolute atomic E-state index is 13.7. The van der Waals surface area contributed by atoms with Crippen molar-refractivity contribution in [3.63, 3.8) is 0 Å². The molecule has 0 fully saturated rings. The molecule has 6 nitrogen and oxygen atoms in total. The van der Waals surface area contributed by atoms with Crippen LogP contribution in [0.4, 0.5) is 17.6 Å². The van der Waals surface area contributed by atoms with Crippen LogP contribution >= 0.6 is 45.2 Å². The van der Waals surface area contributed by atoms with Gasteiger partial charge in [0.2, 0.25) is 11.6 Å². The number of halogens is 6. The molecule has 0 saturated heterocycles. The highest BCUT2D eigenvalue weighted by atomic mass is 127. The molecule has 0 saturated carbocycles. The summed E-state index contributed by atoms with van der Waals surface area (Å²) in [6.45, 7) is 0. The molecule has 0 atom stereocenters. The third kappa shape index (κ3) is 3.55. The number of hydrogen-bond donors (Lipinski definition) is 2. The van der Waals surface area contributed by atoms with E-state index in [2.05, 4.69) is 0 Å². The first-order chi connectivity index (χ1) is 11.9. The highest BCUT2D eigenvalue weighted by Crippen LogP contribution is 2.32. The lowest BCUT2D eigenvalue weighted by atomic mass is 10.2. The molecule has 2 N–H and O–H groups in total. The Bertz CT molecular complexity index is 1020. The summed E-state index contributed by atoms with van der Waals surface area (Å²) in [6.07, 6.45) is 0. The summed E-state index contributed by atoms with van der Waals surface area (Å²) < 4.78 is 79.5. The van der Waals surface area contributed by atoms with E-state index < -0.39 is 61.2 Å². The van der Waals surface area contributed by atoms with Crippen LogP contribution in [0.15, 0.2) is 17.0 Å². The molecule has 0 radical (unpaired) electrons. The van der Waals surface area contributed by atoms with Crippen molar-refractivity contribution in [1.29, 1.82) is 0 Å². The first-order valence-electron chi connectivity index (χ1n) is 6.17. The van der Waals surface area contributed by atoms with E-state index >= 15 is 0 Å². The van der Waals surface area contributed by atoms with E-state index in [0.717, 1.165) is 0 Å². The summed E-state index contributed by atoms with van der Waals surface area (Å²) in [4.78, 5) is 9.96. The number of rotatable bonds is 3. The second kappa shape index (κ2) is 7.34. The van der Waals surface area contributed by atoms with E-state index in [4.69, 9.17) is 5.11 Å². The fourth-order valence-corrected chi connectivity index (χ4v) is 4.02. The van der Waals surface area contributed by atoms with E-state index in [1.165, 1.54) is 16.9 Å². The fourth-order valence-electron chi connectivity index (χ4n) is 1.80. The van der Waals surface area contributed by atoms with Crippen molar-refractivity contribution in [2.75, 3.05) is 0 Å². The number of sulfonamides is 1. The minimum atomic E-state index is -5.46. The Morgan fingerprint density at radius 2 is 1.46 bits per heavy atom. The van der Waals surface area contributed by atoms with Gasteiger partial charge in [-0.05, 0) is 57.3 Å². The van der Waals surface area contributed by atoms with Crippen molar-refractivity contribution in [3.05, 3.63) is 48.1 Å². The van der Waals surface area contributed by atoms with Crippen LogP contribution in [0, 0.1) is 30.4 Å². The van der Waals surface area contributed by atoms with Crippen molar-refractivity contribution in [1.82, 2.24) is 4.72 Å². The molecule has 0 unspecified atom stereocenters. The summed E-state index contributed by atoms with van der Waals surface area (Å²) in [5.74, 6) is -14.0. The lowest BCUT2D eigenvalue weighted by molar-refractivity contribution is -0.270. The zero-order valence-electron chi connectivity index (χ0n) is 11.9. The van der Waals surface area contributed by atoms with Crippen LogP contribution < -0.4 is 9.83 Å². The van der Waals surface area contributed by atoms with Crippen molar-refractivity contribution in [3.8, 4) is 11.5 Å². The lowest BCUT2D eigenvalue weighted by Gasteiger charge is -2.17. The van der Waals surface area contributed by atoms with Crippen LogP contribution in [0.5, 0.6) is 11.5 Å². The lowest BCUT2D eigenvalue weighted by Crippen LogP contribution is -2.33. The summed E-state index contributed by atoms with van der Waals surface area (Å²) in [5.41, 5.74) is -0.637. The molecule has 0 aliphatic heterocycles. The van der Waals surface area contributed by atoms with E-state index in [1.54, 1.807) is 45.2 Å². The van der Waals surface area contributed by atoms with Gasteiger partial charge in [0.05, 0.1) is 0 Å². The Balaban J connectivity index is 2.59. The number of carbonyl (C=O) groups excluding carboxylic acids is 1. The number of amides is 1. The number of phenolic OH excluding ortho intramolecular Hbond substituents is 1. The summed E-state index contributed by atoms with van der Waals surface area (Å²) in [7, 11) is -5.46. The first-order valence-corrected chi connectivity index (χ1v) is 9.81. The Hall–Kier alpha value is -1.36. The van der Waals surface area contributed by atoms with Crippen LogP contribution in [-0.2, 0) is 10.0 Å². The molecule has 0 heterocycles. The largest absolute Gasteiger partial charge is 0.871 e. The second-order valence-corrected chi connectivity index (χ2v) is 8.55. The van der Waals surface area contributed by atoms with E-state index in [0.29, 0.717) is 0 Å². The van der Waals surface area contributed by atoms with Gasteiger partial charge in [-0.15, -0.1) is 0 Å². The van der Waals surface area contributed by atoms with Crippen LogP contribution in [0.3, 0.4) is 0 Å². The van der Waals surface area contributed by atoms with Gasteiger partial charge in [0.1, 0.15) is 0 Å². The SMILES string of the molecule is O=C(NS(=O)(=O)c1c(F)c(F)c(O)c(F)c1F)c1c(I)ccc(I)c1[O-]. The number of phenols is 1. The molecule has 0 aliphatic carbocycles. The van der Waals surface area contributed by atoms with Gasteiger partial charge in [0.25, 0.3) is 15.9 Å². The van der Waals surface area contributed by atoms with Gasteiger partial charge in [-0.25, -0.2) is 21.9 Å². The molecule has 2 aromatic carbocycles. The number of nitrogens with one attached hydrogen (secondary N) is 1. The molecule has 0 aromatic heterocycles. The van der Waals surface area contributed by atoms with Crippen molar-refractivity contribution >= 4 is 61.1 Å². The Morgan fingerprint density at radius 3 is 1.96 bits per heavy atom. The topological polar surface area (TPSA) is 107 Å². The van der Waals surface area contributed by atoms with Crippen molar-refractivity contribution in [2.24, 2.45) is 0 Å². The number of hydrogen-bond acceptors (Lipinski definition) is 5. The zero-order valence-corrected chi connectivity index (χ0v) is 17.0. The van der Waals surface area contributed by atoms with Crippen LogP contribution in [-0.4, -0.2) is 19.4 Å². The quantitative estimate of drug-likeness (QED) is 0.313. The summed E-state index contributed by atoms with van der Waals surface area (Å²) in [5, 5.41) is 20.8. The highest BCUT2D eigenvalue weighted by molar-refractivity contribution is 14.1. The van der Waals surface area contributed by atoms with Gasteiger partial charge in [-0.3, -0.25) is 4.79 Å². The molecule has 2 rings (SSSR count). The smallest absolute Gasteiger partial charge is 0.270 e. The Labute approximate surface area is 170 Å². The average molecular weight is 616 g/mol. The number of aromatic hydroxyl groups is 1. The Morgan fingerprint density at radius 1 is 1.00 bits per heavy atom. The molecule has 2 aromatic rings. The predicted molar refractivity (Wildman–Crippen MR) is 93.9 cm³/mol. The average Bonchev–Trinajstić information content (AvgIpc) is 2.54. The van der Waals surface area contributed by atoms with Crippen LogP contribution in [0.2, 0.25) is 0 Å². The van der Waals surface area contributed by atoms with Gasteiger partial charge in [-0.1, -0.05) is 5.75 Å². The van der Waals surface area contributed by atoms with Gasteiger partial charge >= 0.3 is 0 Å². The number of benzene rings is 2. The minimum absolute atomic E-state index is 0.0322. The molecular weight excluding hydrogens is 612 g/mol. The number of carbonyl (C=O) groups is 1. The first kappa shape index (κ1) is 20.9. The third-order valence-electron chi connectivity index (χ3n) is 2.98. The molecule has 0 aliphatic rings. The van der Waals surface area contributed by atoms with E-state index in [-0.39, 0.29) is 7.14 Å². The Kier molecular flexibility index (Phi) is 5.91. The van der Waals surface area contributed by atoms with Crippen molar-refractivity contribution < 1.29 is 41.0 Å². The second-order valence-electron chi connectivity index (χ2n) is 4.60. The standard InChI is InChI=1S/C13H5F4I2NO5S/c14-6-8(16)12(9(17)7(15)11(6)22)26(24,25)20-13(23)5-3(18)1-2-4(19)10(5)21/h1-2,21-22H,(H,20,23)/p-1. The highest BCUT2D eigenvalue weighted by Gasteiger charge is 2.34. The molecule has 140 valence electrons. The fraction of sp³-hybridized carbons (Fsp3) is 0. The monoisotopic (exact) mass is 616 g/mol. The minimum Gasteiger partial charge on any atom is -0.871 e. The van der Waals surface area contributed by atoms with Gasteiger partial charge in [-0.2, -0.15) is 8.78 Å². The molecule has 1 amide bonds. The summed E-state index contributed by atoms with van der Waals surface area (Å²) in [6, 6.07) is 2.66. The zero-order chi connectivity index (χ0) is 20.0. The van der Waals surface area contributed by atoms with E-state index in [9.17, 15) is 35.9 Å². The van der Waals surface area contributed by atoms with Crippen LogP contribution in [0.1, 0.15) is 10.4 Å². The van der Waals surface area contributed by atoms with Crippen molar-refractivity contribution in [2.45, 2.75) is 4.90 Å². The van der Waals surface area contributed by atoms with Gasteiger partial charge in [0, 0.05) is 12.7 Å². The molecule has 26 heavy (non-hydrogen) atoms. The normalized spacial score (nSPS) is 11.5. The molecule has 0 bridgehead atoms. The maximum Gasteiger partial charge on any atom is 0.270 e. The third-order valence-corrected chi connectivity index (χ3v) is 6.08. The molecule has 0 spiro atoms. The van der Waals surface area contributed by atoms with E-state index in [1.807, 2.05) is 0 Å². The summed E-state index contributed by atoms with van der Waals surface area (Å²) >= 11 is 3.13. The predicted octanol–water partition coefficient (Wildman–Crippen LogP) is 2.35. The molecule has 13 heteroatoms. The van der Waals surface area contributed by atoms with Crippen LogP contribution in [0.25, 0.3) is 0 Å².